The van der Waals surface area contributed by atoms with Crippen LogP contribution in [0.1, 0.15) is 55.3 Å². The number of aryl methyl sites for hydroxylation is 3. The van der Waals surface area contributed by atoms with Crippen LogP contribution in [0.15, 0.2) is 52.9 Å². The summed E-state index contributed by atoms with van der Waals surface area (Å²) in [6, 6.07) is 16.5. The van der Waals surface area contributed by atoms with E-state index in [-0.39, 0.29) is 5.91 Å². The van der Waals surface area contributed by atoms with Gasteiger partial charge in [-0.05, 0) is 42.9 Å². The maximum Gasteiger partial charge on any atom is 0.227 e. The Morgan fingerprint density at radius 3 is 2.72 bits per heavy atom. The van der Waals surface area contributed by atoms with Crippen molar-refractivity contribution in [3.05, 3.63) is 71.2 Å². The molecule has 0 atom stereocenters. The largest absolute Gasteiger partial charge is 0.440 e. The summed E-state index contributed by atoms with van der Waals surface area (Å²) in [6.07, 6.45) is 2.97. The molecule has 0 saturated carbocycles. The van der Waals surface area contributed by atoms with Crippen LogP contribution in [0.5, 0.6) is 0 Å². The Morgan fingerprint density at radius 1 is 1.17 bits per heavy atom. The summed E-state index contributed by atoms with van der Waals surface area (Å²) in [7, 11) is 0. The normalized spacial score (nSPS) is 13.6. The molecule has 0 bridgehead atoms. The number of amides is 1. The number of anilines is 1. The Bertz CT molecular complexity index is 1000. The number of nitrogens with zero attached hydrogens (tertiary/aromatic N) is 2. The van der Waals surface area contributed by atoms with E-state index < -0.39 is 0 Å². The topological polar surface area (TPSA) is 46.3 Å². The third-order valence-corrected chi connectivity index (χ3v) is 5.62. The van der Waals surface area contributed by atoms with Gasteiger partial charge in [-0.1, -0.05) is 56.3 Å². The monoisotopic (exact) mass is 388 g/mol. The zero-order chi connectivity index (χ0) is 20.4. The van der Waals surface area contributed by atoms with E-state index in [0.29, 0.717) is 24.7 Å². The molecule has 29 heavy (non-hydrogen) atoms. The summed E-state index contributed by atoms with van der Waals surface area (Å²) in [6.45, 7) is 7.14. The molecular formula is C25H28N2O2. The van der Waals surface area contributed by atoms with Crippen molar-refractivity contribution in [1.82, 2.24) is 4.98 Å². The van der Waals surface area contributed by atoms with Crippen molar-refractivity contribution >= 4 is 11.6 Å². The van der Waals surface area contributed by atoms with Crippen LogP contribution in [0, 0.1) is 6.92 Å². The molecule has 2 heterocycles. The fourth-order valence-electron chi connectivity index (χ4n) is 4.00. The highest BCUT2D eigenvalue weighted by Crippen LogP contribution is 2.31. The average molecular weight is 389 g/mol. The molecule has 0 saturated heterocycles. The first kappa shape index (κ1) is 19.4. The average Bonchev–Trinajstić information content (AvgIpc) is 3.12. The Morgan fingerprint density at radius 2 is 1.97 bits per heavy atom. The van der Waals surface area contributed by atoms with Gasteiger partial charge >= 0.3 is 0 Å². The van der Waals surface area contributed by atoms with E-state index in [4.69, 9.17) is 4.42 Å². The molecule has 4 heteroatoms. The summed E-state index contributed by atoms with van der Waals surface area (Å²) in [5.41, 5.74) is 5.57. The molecule has 3 aromatic rings. The van der Waals surface area contributed by atoms with Crippen molar-refractivity contribution in [2.45, 2.75) is 52.4 Å². The molecule has 0 radical (unpaired) electrons. The van der Waals surface area contributed by atoms with Gasteiger partial charge < -0.3 is 9.32 Å². The minimum absolute atomic E-state index is 0.139. The van der Waals surface area contributed by atoms with E-state index in [1.54, 1.807) is 0 Å². The lowest BCUT2D eigenvalue weighted by atomic mass is 9.94. The second-order valence-corrected chi connectivity index (χ2v) is 8.08. The van der Waals surface area contributed by atoms with Gasteiger partial charge in [0.25, 0.3) is 0 Å². The lowest BCUT2D eigenvalue weighted by molar-refractivity contribution is -0.118. The fraction of sp³-hybridized carbons (Fsp3) is 0.360. The molecule has 0 aliphatic carbocycles. The molecule has 0 N–H and O–H groups in total. The van der Waals surface area contributed by atoms with Gasteiger partial charge in [0.05, 0.1) is 5.69 Å². The van der Waals surface area contributed by atoms with Gasteiger partial charge in [0.15, 0.2) is 11.7 Å². The number of oxazole rings is 1. The lowest BCUT2D eigenvalue weighted by Gasteiger charge is -2.30. The van der Waals surface area contributed by atoms with Crippen molar-refractivity contribution in [2.24, 2.45) is 0 Å². The lowest BCUT2D eigenvalue weighted by Crippen LogP contribution is -2.35. The summed E-state index contributed by atoms with van der Waals surface area (Å²) in [5.74, 6) is 2.05. The van der Waals surface area contributed by atoms with E-state index in [2.05, 4.69) is 37.0 Å². The van der Waals surface area contributed by atoms with Crippen LogP contribution in [-0.2, 0) is 17.6 Å². The number of hydrogen-bond acceptors (Lipinski definition) is 3. The van der Waals surface area contributed by atoms with Crippen LogP contribution in [-0.4, -0.2) is 17.4 Å². The molecule has 1 aliphatic rings. The number of benzene rings is 2. The third kappa shape index (κ3) is 4.12. The van der Waals surface area contributed by atoms with Crippen molar-refractivity contribution in [1.29, 1.82) is 0 Å². The Kier molecular flexibility index (Phi) is 5.52. The summed E-state index contributed by atoms with van der Waals surface area (Å²) < 4.78 is 5.97. The molecule has 4 rings (SSSR count). The zero-order valence-electron chi connectivity index (χ0n) is 17.4. The first-order valence-electron chi connectivity index (χ1n) is 10.5. The van der Waals surface area contributed by atoms with E-state index in [1.165, 1.54) is 11.1 Å². The standard InChI is InChI=1S/C25H28N2O2/c1-17(2)20-11-12-22-21(16-20)10-7-15-27(22)24(28)14-13-23-26-18(3)25(29-23)19-8-5-4-6-9-19/h4-6,8-9,11-12,16-17H,7,10,13-15H2,1-3H3. The molecule has 2 aromatic carbocycles. The molecular weight excluding hydrogens is 360 g/mol. The van der Waals surface area contributed by atoms with Gasteiger partial charge in [-0.3, -0.25) is 4.79 Å². The third-order valence-electron chi connectivity index (χ3n) is 5.62. The zero-order valence-corrected chi connectivity index (χ0v) is 17.4. The molecule has 0 unspecified atom stereocenters. The quantitative estimate of drug-likeness (QED) is 0.564. The van der Waals surface area contributed by atoms with Crippen LogP contribution in [0.2, 0.25) is 0 Å². The second-order valence-electron chi connectivity index (χ2n) is 8.08. The molecule has 0 fully saturated rings. The first-order chi connectivity index (χ1) is 14.0. The predicted molar refractivity (Wildman–Crippen MR) is 116 cm³/mol. The molecule has 1 amide bonds. The van der Waals surface area contributed by atoms with Crippen LogP contribution in [0.25, 0.3) is 11.3 Å². The van der Waals surface area contributed by atoms with E-state index in [1.807, 2.05) is 42.2 Å². The number of hydrogen-bond donors (Lipinski definition) is 0. The molecule has 1 aromatic heterocycles. The summed E-state index contributed by atoms with van der Waals surface area (Å²) in [5, 5.41) is 0. The number of aromatic nitrogens is 1. The van der Waals surface area contributed by atoms with Crippen LogP contribution in [0.4, 0.5) is 5.69 Å². The highest BCUT2D eigenvalue weighted by Gasteiger charge is 2.23. The minimum Gasteiger partial charge on any atom is -0.440 e. The molecule has 4 nitrogen and oxygen atoms in total. The van der Waals surface area contributed by atoms with Gasteiger partial charge in [-0.15, -0.1) is 0 Å². The van der Waals surface area contributed by atoms with Gasteiger partial charge in [-0.25, -0.2) is 4.98 Å². The van der Waals surface area contributed by atoms with Gasteiger partial charge in [0, 0.05) is 30.6 Å². The number of carbonyl (C=O) groups is 1. The molecule has 0 spiro atoms. The highest BCUT2D eigenvalue weighted by molar-refractivity contribution is 5.94. The van der Waals surface area contributed by atoms with Crippen molar-refractivity contribution in [3.8, 4) is 11.3 Å². The Hall–Kier alpha value is -2.88. The van der Waals surface area contributed by atoms with E-state index >= 15 is 0 Å². The maximum absolute atomic E-state index is 13.0. The smallest absolute Gasteiger partial charge is 0.227 e. The van der Waals surface area contributed by atoms with Gasteiger partial charge in [-0.2, -0.15) is 0 Å². The number of fused-ring (bicyclic) bond motifs is 1. The van der Waals surface area contributed by atoms with Crippen molar-refractivity contribution in [3.63, 3.8) is 0 Å². The summed E-state index contributed by atoms with van der Waals surface area (Å²) in [4.78, 5) is 19.5. The summed E-state index contributed by atoms with van der Waals surface area (Å²) >= 11 is 0. The number of rotatable bonds is 5. The van der Waals surface area contributed by atoms with Crippen molar-refractivity contribution < 1.29 is 9.21 Å². The first-order valence-corrected chi connectivity index (χ1v) is 10.5. The van der Waals surface area contributed by atoms with Crippen LogP contribution >= 0.6 is 0 Å². The van der Waals surface area contributed by atoms with E-state index in [9.17, 15) is 4.79 Å². The van der Waals surface area contributed by atoms with Gasteiger partial charge in [0.1, 0.15) is 0 Å². The Balaban J connectivity index is 1.46. The van der Waals surface area contributed by atoms with Crippen LogP contribution in [0.3, 0.4) is 0 Å². The predicted octanol–water partition coefficient (Wildman–Crippen LogP) is 5.69. The highest BCUT2D eigenvalue weighted by atomic mass is 16.4. The second kappa shape index (κ2) is 8.24. The molecule has 150 valence electrons. The minimum atomic E-state index is 0.139. The maximum atomic E-state index is 13.0. The Labute approximate surface area is 172 Å². The SMILES string of the molecule is Cc1nc(CCC(=O)N2CCCc3cc(C(C)C)ccc32)oc1-c1ccccc1. The number of carbonyl (C=O) groups excluding carboxylic acids is 1. The van der Waals surface area contributed by atoms with Crippen LogP contribution < -0.4 is 4.90 Å². The van der Waals surface area contributed by atoms with Crippen molar-refractivity contribution in [2.75, 3.05) is 11.4 Å². The van der Waals surface area contributed by atoms with Gasteiger partial charge in [0.2, 0.25) is 5.91 Å². The fourth-order valence-corrected chi connectivity index (χ4v) is 4.00. The van der Waals surface area contributed by atoms with E-state index in [0.717, 1.165) is 42.1 Å². The molecule has 1 aliphatic heterocycles.